The van der Waals surface area contributed by atoms with Gasteiger partial charge in [0.25, 0.3) is 0 Å². The van der Waals surface area contributed by atoms with Crippen LogP contribution < -0.4 is 22.4 Å². The van der Waals surface area contributed by atoms with Crippen LogP contribution in [0.1, 0.15) is 32.0 Å². The van der Waals surface area contributed by atoms with Crippen LogP contribution in [0.2, 0.25) is 0 Å². The number of aromatic nitrogens is 4. The molecular formula is C21H27F2N9. The molecule has 0 amide bonds. The molecule has 6 N–H and O–H groups in total. The number of hydrogen-bond donors (Lipinski definition) is 4. The van der Waals surface area contributed by atoms with Crippen LogP contribution in [-0.4, -0.2) is 31.6 Å². The summed E-state index contributed by atoms with van der Waals surface area (Å²) in [6.45, 7) is 6.03. The van der Waals surface area contributed by atoms with Crippen molar-refractivity contribution in [3.8, 4) is 11.5 Å². The SMILES string of the molecule is CCc1cc(-c2ncc(F)c(NC(/C(=N/N)NN)C(C)C)n2)nn1Cc1ccccc1F. The highest BCUT2D eigenvalue weighted by Gasteiger charge is 2.23. The zero-order valence-electron chi connectivity index (χ0n) is 18.2. The van der Waals surface area contributed by atoms with Crippen molar-refractivity contribution >= 4 is 11.7 Å². The molecule has 1 unspecified atom stereocenters. The fourth-order valence-electron chi connectivity index (χ4n) is 3.27. The van der Waals surface area contributed by atoms with Crippen LogP contribution >= 0.6 is 0 Å². The van der Waals surface area contributed by atoms with Gasteiger partial charge in [-0.1, -0.05) is 39.0 Å². The van der Waals surface area contributed by atoms with Gasteiger partial charge in [-0.05, 0) is 24.5 Å². The average molecular weight is 444 g/mol. The van der Waals surface area contributed by atoms with Gasteiger partial charge in [-0.25, -0.2) is 24.6 Å². The third-order valence-electron chi connectivity index (χ3n) is 5.02. The molecule has 1 aromatic carbocycles. The minimum Gasteiger partial charge on any atom is -0.357 e. The first-order valence-corrected chi connectivity index (χ1v) is 10.2. The molecule has 0 saturated carbocycles. The monoisotopic (exact) mass is 443 g/mol. The first kappa shape index (κ1) is 23.1. The Bertz CT molecular complexity index is 1090. The lowest BCUT2D eigenvalue weighted by atomic mass is 10.0. The van der Waals surface area contributed by atoms with Crippen molar-refractivity contribution in [1.29, 1.82) is 0 Å². The number of hydrazone groups is 1. The van der Waals surface area contributed by atoms with Gasteiger partial charge in [-0.3, -0.25) is 4.68 Å². The zero-order chi connectivity index (χ0) is 23.3. The number of nitrogens with two attached hydrogens (primary N) is 2. The predicted octanol–water partition coefficient (Wildman–Crippen LogP) is 2.40. The molecule has 3 rings (SSSR count). The summed E-state index contributed by atoms with van der Waals surface area (Å²) in [5, 5.41) is 11.1. The molecule has 9 nitrogen and oxygen atoms in total. The van der Waals surface area contributed by atoms with Gasteiger partial charge >= 0.3 is 0 Å². The Balaban J connectivity index is 1.94. The Morgan fingerprint density at radius 1 is 1.22 bits per heavy atom. The summed E-state index contributed by atoms with van der Waals surface area (Å²) in [5.74, 6) is 10.3. The lowest BCUT2D eigenvalue weighted by molar-refractivity contribution is 0.576. The summed E-state index contributed by atoms with van der Waals surface area (Å²) < 4.78 is 30.3. The van der Waals surface area contributed by atoms with Gasteiger partial charge in [-0.15, -0.1) is 0 Å². The van der Waals surface area contributed by atoms with Crippen LogP contribution in [0.25, 0.3) is 11.5 Å². The summed E-state index contributed by atoms with van der Waals surface area (Å²) >= 11 is 0. The number of halogens is 2. The van der Waals surface area contributed by atoms with Gasteiger partial charge in [-0.2, -0.15) is 10.2 Å². The molecule has 0 aliphatic rings. The number of anilines is 1. The minimum atomic E-state index is -0.644. The van der Waals surface area contributed by atoms with Gasteiger partial charge in [0.15, 0.2) is 23.3 Å². The molecule has 2 aromatic heterocycles. The molecule has 1 atom stereocenters. The van der Waals surface area contributed by atoms with Crippen LogP contribution in [0.15, 0.2) is 41.6 Å². The highest BCUT2D eigenvalue weighted by atomic mass is 19.1. The molecule has 0 radical (unpaired) electrons. The molecule has 0 saturated heterocycles. The van der Waals surface area contributed by atoms with E-state index in [4.69, 9.17) is 11.7 Å². The normalized spacial score (nSPS) is 12.8. The fraction of sp³-hybridized carbons (Fsp3) is 0.333. The zero-order valence-corrected chi connectivity index (χ0v) is 18.2. The maximum absolute atomic E-state index is 14.5. The van der Waals surface area contributed by atoms with Crippen LogP contribution in [0.5, 0.6) is 0 Å². The van der Waals surface area contributed by atoms with E-state index >= 15 is 0 Å². The molecule has 0 bridgehead atoms. The maximum atomic E-state index is 14.5. The second-order valence-electron chi connectivity index (χ2n) is 7.54. The number of rotatable bonds is 8. The van der Waals surface area contributed by atoms with E-state index in [1.165, 1.54) is 6.07 Å². The van der Waals surface area contributed by atoms with Crippen molar-refractivity contribution < 1.29 is 8.78 Å². The van der Waals surface area contributed by atoms with Crippen molar-refractivity contribution in [2.75, 3.05) is 5.32 Å². The summed E-state index contributed by atoms with van der Waals surface area (Å²) in [4.78, 5) is 8.41. The number of nitrogens with zero attached hydrogens (tertiary/aromatic N) is 5. The van der Waals surface area contributed by atoms with E-state index in [1.807, 2.05) is 26.8 Å². The molecule has 0 spiro atoms. The van der Waals surface area contributed by atoms with Gasteiger partial charge in [0.2, 0.25) is 0 Å². The molecule has 11 heteroatoms. The van der Waals surface area contributed by atoms with Crippen molar-refractivity contribution in [2.24, 2.45) is 22.7 Å². The topological polar surface area (TPSA) is 132 Å². The van der Waals surface area contributed by atoms with Crippen molar-refractivity contribution in [2.45, 2.75) is 39.8 Å². The van der Waals surface area contributed by atoms with E-state index in [1.54, 1.807) is 22.9 Å². The fourth-order valence-corrected chi connectivity index (χ4v) is 3.27. The maximum Gasteiger partial charge on any atom is 0.183 e. The van der Waals surface area contributed by atoms with E-state index in [0.29, 0.717) is 17.7 Å². The smallest absolute Gasteiger partial charge is 0.183 e. The predicted molar refractivity (Wildman–Crippen MR) is 119 cm³/mol. The second kappa shape index (κ2) is 10.1. The van der Waals surface area contributed by atoms with Crippen molar-refractivity contribution in [1.82, 2.24) is 25.2 Å². The van der Waals surface area contributed by atoms with Crippen LogP contribution in [0, 0.1) is 17.6 Å². The minimum absolute atomic E-state index is 0.0298. The van der Waals surface area contributed by atoms with Crippen LogP contribution in [0.3, 0.4) is 0 Å². The Labute approximate surface area is 184 Å². The standard InChI is InChI=1S/C21H27F2N9/c1-4-14-9-17(31-32(14)11-13-7-5-6-8-15(13)22)20-26-10-16(23)19(28-20)27-18(12(2)3)21(29-24)30-25/h5-10,12,18H,4,11,24-25H2,1-3H3,(H,29,30)(H,26,27,28). The van der Waals surface area contributed by atoms with E-state index in [2.05, 4.69) is 30.9 Å². The van der Waals surface area contributed by atoms with Gasteiger partial charge in [0.05, 0.1) is 18.8 Å². The molecule has 0 aliphatic carbocycles. The molecule has 32 heavy (non-hydrogen) atoms. The molecule has 3 aromatic rings. The Morgan fingerprint density at radius 3 is 2.59 bits per heavy atom. The Hall–Kier alpha value is -3.60. The van der Waals surface area contributed by atoms with Gasteiger partial charge < -0.3 is 16.6 Å². The third kappa shape index (κ3) is 4.99. The first-order valence-electron chi connectivity index (χ1n) is 10.2. The number of aryl methyl sites for hydroxylation is 1. The Morgan fingerprint density at radius 2 is 1.97 bits per heavy atom. The molecule has 0 aliphatic heterocycles. The number of benzene rings is 1. The number of amidine groups is 1. The van der Waals surface area contributed by atoms with E-state index in [9.17, 15) is 8.78 Å². The van der Waals surface area contributed by atoms with Gasteiger partial charge in [0.1, 0.15) is 11.5 Å². The van der Waals surface area contributed by atoms with Crippen molar-refractivity contribution in [3.63, 3.8) is 0 Å². The lowest BCUT2D eigenvalue weighted by Gasteiger charge is -2.23. The summed E-state index contributed by atoms with van der Waals surface area (Å²) in [5.41, 5.74) is 4.25. The van der Waals surface area contributed by atoms with Crippen LogP contribution in [0.4, 0.5) is 14.6 Å². The first-order chi connectivity index (χ1) is 15.4. The quantitative estimate of drug-likeness (QED) is 0.182. The summed E-state index contributed by atoms with van der Waals surface area (Å²) in [6, 6.07) is 7.84. The molecule has 2 heterocycles. The van der Waals surface area contributed by atoms with E-state index in [-0.39, 0.29) is 35.8 Å². The molecule has 0 fully saturated rings. The van der Waals surface area contributed by atoms with E-state index in [0.717, 1.165) is 11.9 Å². The van der Waals surface area contributed by atoms with Crippen LogP contribution in [-0.2, 0) is 13.0 Å². The highest BCUT2D eigenvalue weighted by Crippen LogP contribution is 2.22. The summed E-state index contributed by atoms with van der Waals surface area (Å²) in [6.07, 6.45) is 1.74. The van der Waals surface area contributed by atoms with Gasteiger partial charge in [0, 0.05) is 11.3 Å². The van der Waals surface area contributed by atoms with Crippen molar-refractivity contribution in [3.05, 3.63) is 59.4 Å². The number of hydrazine groups is 1. The summed E-state index contributed by atoms with van der Waals surface area (Å²) in [7, 11) is 0. The molecular weight excluding hydrogens is 416 g/mol. The Kier molecular flexibility index (Phi) is 7.31. The highest BCUT2D eigenvalue weighted by molar-refractivity contribution is 5.89. The second-order valence-corrected chi connectivity index (χ2v) is 7.54. The third-order valence-corrected chi connectivity index (χ3v) is 5.02. The average Bonchev–Trinajstić information content (AvgIpc) is 3.19. The largest absolute Gasteiger partial charge is 0.357 e. The number of nitrogens with one attached hydrogen (secondary N) is 2. The van der Waals surface area contributed by atoms with E-state index < -0.39 is 11.9 Å². The lowest BCUT2D eigenvalue weighted by Crippen LogP contribution is -2.47. The molecule has 170 valence electrons. The number of hydrogen-bond acceptors (Lipinski definition) is 7.